The minimum absolute atomic E-state index is 0.0253. The molecule has 2 heterocycles. The summed E-state index contributed by atoms with van der Waals surface area (Å²) in [5.41, 5.74) is 6.94. The van der Waals surface area contributed by atoms with E-state index in [0.29, 0.717) is 34.5 Å². The third-order valence-electron chi connectivity index (χ3n) is 4.48. The highest BCUT2D eigenvalue weighted by atomic mass is 19.4. The molecule has 1 aliphatic heterocycles. The van der Waals surface area contributed by atoms with E-state index in [-0.39, 0.29) is 16.0 Å². The quantitative estimate of drug-likeness (QED) is 0.491. The average Bonchev–Trinajstić information content (AvgIpc) is 2.65. The monoisotopic (exact) mass is 383 g/mol. The number of halogens is 3. The molecule has 0 bridgehead atoms. The van der Waals surface area contributed by atoms with Crippen LogP contribution in [-0.2, 0) is 6.30 Å². The van der Waals surface area contributed by atoms with E-state index in [9.17, 15) is 13.2 Å². The summed E-state index contributed by atoms with van der Waals surface area (Å²) in [4.78, 5) is 3.79. The van der Waals surface area contributed by atoms with Crippen molar-refractivity contribution in [3.63, 3.8) is 0 Å². The summed E-state index contributed by atoms with van der Waals surface area (Å²) >= 11 is 0. The van der Waals surface area contributed by atoms with Crippen molar-refractivity contribution in [2.24, 2.45) is 0 Å². The molecule has 1 unspecified atom stereocenters. The molecule has 3 aromatic rings. The minimum Gasteiger partial charge on any atom is -0.438 e. The van der Waals surface area contributed by atoms with Crippen LogP contribution in [0.3, 0.4) is 0 Å². The van der Waals surface area contributed by atoms with Crippen molar-refractivity contribution >= 4 is 5.69 Å². The van der Waals surface area contributed by atoms with E-state index >= 15 is 0 Å². The van der Waals surface area contributed by atoms with Crippen LogP contribution in [0.25, 0.3) is 0 Å². The van der Waals surface area contributed by atoms with Crippen molar-refractivity contribution in [3.05, 3.63) is 76.5 Å². The van der Waals surface area contributed by atoms with Gasteiger partial charge in [0.25, 0.3) is 0 Å². The molecule has 0 saturated carbocycles. The molecule has 0 aliphatic carbocycles. The van der Waals surface area contributed by atoms with Gasteiger partial charge in [-0.2, -0.15) is 5.26 Å². The number of anilines is 1. The lowest BCUT2D eigenvalue weighted by molar-refractivity contribution is -0.207. The Bertz CT molecular complexity index is 1190. The van der Waals surface area contributed by atoms with Crippen molar-refractivity contribution in [2.75, 3.05) is 5.73 Å². The Kier molecular flexibility index (Phi) is 3.85. The molecule has 140 valence electrons. The number of nitriles is 1. The predicted molar refractivity (Wildman–Crippen MR) is 92.4 cm³/mol. The lowest BCUT2D eigenvalue weighted by Crippen LogP contribution is -2.36. The fraction of sp³-hybridized carbons (Fsp3) is 0.105. The number of fused-ring (bicyclic) bond motifs is 2. The second-order valence-corrected chi connectivity index (χ2v) is 6.22. The van der Waals surface area contributed by atoms with Crippen molar-refractivity contribution in [3.8, 4) is 17.7 Å². The summed E-state index contributed by atoms with van der Waals surface area (Å²) in [6, 6.07) is 13.3. The number of nitrogen functional groups attached to an aromatic ring is 1. The molecule has 0 amide bonds. The number of benzene rings is 2. The van der Waals surface area contributed by atoms with Crippen LogP contribution in [0, 0.1) is 16.7 Å². The largest absolute Gasteiger partial charge is 0.491 e. The Morgan fingerprint density at radius 2 is 2.00 bits per heavy atom. The second kappa shape index (κ2) is 6.13. The number of nitrogens with zero attached hydrogens (tertiary/aromatic N) is 3. The molecule has 2 aromatic carbocycles. The van der Waals surface area contributed by atoms with Crippen LogP contribution in [0.15, 0.2) is 48.8 Å². The van der Waals surface area contributed by atoms with Gasteiger partial charge in [0.15, 0.2) is 0 Å². The maximum absolute atomic E-state index is 13.3. The van der Waals surface area contributed by atoms with Gasteiger partial charge in [-0.05, 0) is 29.8 Å². The normalized spacial score (nSPS) is 15.1. The van der Waals surface area contributed by atoms with Crippen molar-refractivity contribution in [1.29, 1.82) is 10.7 Å². The molecular formula is C19H12F3N5O. The summed E-state index contributed by atoms with van der Waals surface area (Å²) in [6.07, 6.45) is -4.29. The van der Waals surface area contributed by atoms with Crippen LogP contribution in [0.2, 0.25) is 0 Å². The van der Waals surface area contributed by atoms with Gasteiger partial charge >= 0.3 is 6.30 Å². The van der Waals surface area contributed by atoms with Gasteiger partial charge in [-0.1, -0.05) is 18.2 Å². The summed E-state index contributed by atoms with van der Waals surface area (Å²) < 4.78 is 45.4. The fourth-order valence-electron chi connectivity index (χ4n) is 3.28. The SMILES string of the molecule is N#Cc1ccc2c(c1)Oc1ncn(C(F)(F)F)c(=N)c1C2c1cccc(N)c1. The number of hydrogen-bond acceptors (Lipinski definition) is 5. The van der Waals surface area contributed by atoms with Crippen LogP contribution in [0.1, 0.15) is 28.2 Å². The highest BCUT2D eigenvalue weighted by Crippen LogP contribution is 2.45. The van der Waals surface area contributed by atoms with Crippen molar-refractivity contribution < 1.29 is 17.9 Å². The van der Waals surface area contributed by atoms with Crippen LogP contribution in [0.5, 0.6) is 11.6 Å². The van der Waals surface area contributed by atoms with Crippen LogP contribution in [0.4, 0.5) is 18.9 Å². The molecule has 1 aliphatic rings. The standard InChI is InChI=1S/C19H12F3N5O/c20-19(21,22)27-9-26-18-16(17(27)25)15(11-2-1-3-12(24)7-11)13-5-4-10(8-23)6-14(13)28-18/h1-7,9,15,25H,24H2. The number of rotatable bonds is 1. The minimum atomic E-state index is -4.80. The maximum atomic E-state index is 13.3. The van der Waals surface area contributed by atoms with E-state index < -0.39 is 17.7 Å². The smallest absolute Gasteiger partial charge is 0.438 e. The number of aromatic nitrogens is 2. The molecule has 0 spiro atoms. The van der Waals surface area contributed by atoms with Gasteiger partial charge in [0.05, 0.1) is 17.2 Å². The van der Waals surface area contributed by atoms with Gasteiger partial charge < -0.3 is 10.5 Å². The zero-order chi connectivity index (χ0) is 20.1. The molecule has 6 nitrogen and oxygen atoms in total. The van der Waals surface area contributed by atoms with Crippen molar-refractivity contribution in [2.45, 2.75) is 12.2 Å². The molecule has 1 aromatic heterocycles. The molecule has 0 fully saturated rings. The molecule has 28 heavy (non-hydrogen) atoms. The summed E-state index contributed by atoms with van der Waals surface area (Å²) in [5.74, 6) is -0.569. The molecule has 0 saturated heterocycles. The van der Waals surface area contributed by atoms with E-state index in [1.807, 2.05) is 6.07 Å². The van der Waals surface area contributed by atoms with E-state index in [1.165, 1.54) is 6.07 Å². The van der Waals surface area contributed by atoms with Crippen LogP contribution in [-0.4, -0.2) is 9.55 Å². The first-order chi connectivity index (χ1) is 13.3. The molecule has 3 N–H and O–H groups in total. The van der Waals surface area contributed by atoms with Crippen LogP contribution < -0.4 is 16.0 Å². The van der Waals surface area contributed by atoms with E-state index in [4.69, 9.17) is 21.1 Å². The Morgan fingerprint density at radius 3 is 2.68 bits per heavy atom. The van der Waals surface area contributed by atoms with E-state index in [2.05, 4.69) is 4.98 Å². The number of nitrogens with one attached hydrogen (secondary N) is 1. The number of ether oxygens (including phenoxy) is 1. The Labute approximate surface area is 156 Å². The van der Waals surface area contributed by atoms with Gasteiger partial charge in [0, 0.05) is 17.2 Å². The topological polar surface area (TPSA) is 101 Å². The molecule has 9 heteroatoms. The number of alkyl halides is 3. The zero-order valence-corrected chi connectivity index (χ0v) is 14.2. The second-order valence-electron chi connectivity index (χ2n) is 6.22. The van der Waals surface area contributed by atoms with Crippen LogP contribution >= 0.6 is 0 Å². The molecule has 0 radical (unpaired) electrons. The van der Waals surface area contributed by atoms with Crippen molar-refractivity contribution in [1.82, 2.24) is 9.55 Å². The lowest BCUT2D eigenvalue weighted by Gasteiger charge is -2.29. The zero-order valence-electron chi connectivity index (χ0n) is 14.2. The number of hydrogen-bond donors (Lipinski definition) is 2. The third kappa shape index (κ3) is 2.75. The summed E-state index contributed by atoms with van der Waals surface area (Å²) in [7, 11) is 0. The van der Waals surface area contributed by atoms with Gasteiger partial charge in [0.2, 0.25) is 5.88 Å². The average molecular weight is 383 g/mol. The highest BCUT2D eigenvalue weighted by Gasteiger charge is 2.37. The summed E-state index contributed by atoms with van der Waals surface area (Å²) in [6.45, 7) is 0. The van der Waals surface area contributed by atoms with Gasteiger partial charge in [-0.15, -0.1) is 13.2 Å². The first-order valence-corrected chi connectivity index (χ1v) is 8.10. The molecular weight excluding hydrogens is 371 g/mol. The van der Waals surface area contributed by atoms with Gasteiger partial charge in [-0.25, -0.2) is 9.55 Å². The first-order valence-electron chi connectivity index (χ1n) is 8.10. The highest BCUT2D eigenvalue weighted by molar-refractivity contribution is 5.59. The van der Waals surface area contributed by atoms with E-state index in [0.717, 1.165) is 0 Å². The lowest BCUT2D eigenvalue weighted by atomic mass is 9.83. The number of nitrogens with two attached hydrogens (primary N) is 1. The third-order valence-corrected chi connectivity index (χ3v) is 4.48. The Morgan fingerprint density at radius 1 is 1.21 bits per heavy atom. The van der Waals surface area contributed by atoms with Gasteiger partial charge in [-0.3, -0.25) is 5.41 Å². The fourth-order valence-corrected chi connectivity index (χ4v) is 3.28. The molecule has 1 atom stereocenters. The summed E-state index contributed by atoms with van der Waals surface area (Å²) in [5, 5.41) is 17.3. The first kappa shape index (κ1) is 17.6. The maximum Gasteiger partial charge on any atom is 0.491 e. The predicted octanol–water partition coefficient (Wildman–Crippen LogP) is 3.58. The Hall–Kier alpha value is -3.80. The van der Waals surface area contributed by atoms with Gasteiger partial charge in [0.1, 0.15) is 17.6 Å². The molecule has 4 rings (SSSR count). The Balaban J connectivity index is 2.04. The van der Waals surface area contributed by atoms with E-state index in [1.54, 1.807) is 36.4 Å².